The largest absolute Gasteiger partial charge is 0.480 e. The van der Waals surface area contributed by atoms with Gasteiger partial charge in [0.15, 0.2) is 12.0 Å². The molecule has 1 aromatic heterocycles. The van der Waals surface area contributed by atoms with Gasteiger partial charge in [0.2, 0.25) is 17.7 Å². The molecule has 0 saturated carbocycles. The minimum absolute atomic E-state index is 0.0336. The zero-order valence-electron chi connectivity index (χ0n) is 22.1. The van der Waals surface area contributed by atoms with Crippen molar-refractivity contribution in [1.29, 1.82) is 0 Å². The van der Waals surface area contributed by atoms with Gasteiger partial charge in [-0.3, -0.25) is 19.4 Å². The molecule has 1 aromatic carbocycles. The first-order valence-corrected chi connectivity index (χ1v) is 12.6. The molecule has 5 unspecified atom stereocenters. The third-order valence-electron chi connectivity index (χ3n) is 5.87. The predicted octanol–water partition coefficient (Wildman–Crippen LogP) is -2.50. The molecule has 3 amide bonds. The highest BCUT2D eigenvalue weighted by Gasteiger charge is 2.32. The summed E-state index contributed by atoms with van der Waals surface area (Å²) in [7, 11) is 0. The van der Waals surface area contributed by atoms with Crippen LogP contribution in [0.25, 0.3) is 0 Å². The highest BCUT2D eigenvalue weighted by molar-refractivity contribution is 5.94. The number of aliphatic carboxylic acids is 1. The van der Waals surface area contributed by atoms with Gasteiger partial charge in [0.1, 0.15) is 12.1 Å². The highest BCUT2D eigenvalue weighted by atomic mass is 16.4. The second-order valence-corrected chi connectivity index (χ2v) is 9.21. The lowest BCUT2D eigenvalue weighted by atomic mass is 10.0. The number of benzene rings is 1. The molecule has 0 aliphatic heterocycles. The summed E-state index contributed by atoms with van der Waals surface area (Å²) in [5, 5.41) is 26.6. The Morgan fingerprint density at radius 1 is 1.00 bits per heavy atom. The number of imidazole rings is 1. The fraction of sp³-hybridized carbons (Fsp3) is 0.440. The quantitative estimate of drug-likeness (QED) is 0.0592. The fourth-order valence-corrected chi connectivity index (χ4v) is 3.75. The Balaban J connectivity index is 2.22. The molecule has 1 heterocycles. The van der Waals surface area contributed by atoms with E-state index in [-0.39, 0.29) is 38.2 Å². The lowest BCUT2D eigenvalue weighted by Crippen LogP contribution is -2.58. The van der Waals surface area contributed by atoms with Gasteiger partial charge >= 0.3 is 5.97 Å². The average Bonchev–Trinajstić information content (AvgIpc) is 3.41. The first kappa shape index (κ1) is 31.7. The molecule has 0 radical (unpaired) electrons. The number of carbonyl (C=O) groups is 4. The van der Waals surface area contributed by atoms with E-state index in [1.807, 2.05) is 0 Å². The maximum absolute atomic E-state index is 13.4. The zero-order valence-corrected chi connectivity index (χ0v) is 22.1. The summed E-state index contributed by atoms with van der Waals surface area (Å²) >= 11 is 0. The van der Waals surface area contributed by atoms with E-state index in [0.29, 0.717) is 5.69 Å². The molecule has 0 bridgehead atoms. The number of aliphatic hydroxyl groups is 1. The van der Waals surface area contributed by atoms with Gasteiger partial charge in [0.05, 0.1) is 18.5 Å². The zero-order chi connectivity index (χ0) is 29.7. The van der Waals surface area contributed by atoms with Crippen molar-refractivity contribution >= 4 is 29.7 Å². The van der Waals surface area contributed by atoms with Crippen LogP contribution in [0.3, 0.4) is 0 Å². The minimum Gasteiger partial charge on any atom is -0.480 e. The normalized spacial score (nSPS) is 14.6. The third-order valence-corrected chi connectivity index (χ3v) is 5.87. The summed E-state index contributed by atoms with van der Waals surface area (Å²) < 4.78 is 0. The summed E-state index contributed by atoms with van der Waals surface area (Å²) in [6, 6.07) is 3.95. The number of hydrogen-bond acceptors (Lipinski definition) is 8. The number of rotatable bonds is 16. The predicted molar refractivity (Wildman–Crippen MR) is 145 cm³/mol. The molecule has 40 heavy (non-hydrogen) atoms. The SMILES string of the molecule is CC(O)C(NC(=O)C(CCCN=C(N)N)NC(=O)C(Cc1ccccc1)NC(=O)C(N)Cc1cnc[nH]1)C(=O)O. The minimum atomic E-state index is -1.61. The van der Waals surface area contributed by atoms with E-state index in [1.165, 1.54) is 19.4 Å². The molecule has 0 saturated heterocycles. The molecule has 0 spiro atoms. The molecular formula is C25H37N9O6. The number of carboxylic acid groups (broad SMARTS) is 1. The van der Waals surface area contributed by atoms with Crippen molar-refractivity contribution in [3.8, 4) is 0 Å². The fourth-order valence-electron chi connectivity index (χ4n) is 3.75. The topological polar surface area (TPSA) is 264 Å². The van der Waals surface area contributed by atoms with Crippen molar-refractivity contribution in [2.75, 3.05) is 6.54 Å². The first-order chi connectivity index (χ1) is 19.0. The van der Waals surface area contributed by atoms with Gasteiger partial charge in [-0.2, -0.15) is 0 Å². The summed E-state index contributed by atoms with van der Waals surface area (Å²) in [6.45, 7) is 1.36. The van der Waals surface area contributed by atoms with Crippen LogP contribution in [0.1, 0.15) is 31.0 Å². The maximum Gasteiger partial charge on any atom is 0.328 e. The van der Waals surface area contributed by atoms with Crippen LogP contribution in [-0.4, -0.2) is 86.6 Å². The van der Waals surface area contributed by atoms with Crippen molar-refractivity contribution in [1.82, 2.24) is 25.9 Å². The van der Waals surface area contributed by atoms with Crippen LogP contribution in [0, 0.1) is 0 Å². The Kier molecular flexibility index (Phi) is 12.5. The number of aromatic nitrogens is 2. The molecular weight excluding hydrogens is 522 g/mol. The number of carboxylic acids is 1. The highest BCUT2D eigenvalue weighted by Crippen LogP contribution is 2.07. The molecule has 218 valence electrons. The molecule has 0 fully saturated rings. The van der Waals surface area contributed by atoms with Crippen LogP contribution in [0.2, 0.25) is 0 Å². The van der Waals surface area contributed by atoms with Crippen LogP contribution < -0.4 is 33.2 Å². The Morgan fingerprint density at radius 2 is 1.65 bits per heavy atom. The van der Waals surface area contributed by atoms with Gasteiger partial charge in [-0.1, -0.05) is 30.3 Å². The van der Waals surface area contributed by atoms with Gasteiger partial charge in [0.25, 0.3) is 0 Å². The lowest BCUT2D eigenvalue weighted by molar-refractivity contribution is -0.145. The van der Waals surface area contributed by atoms with Gasteiger partial charge in [-0.25, -0.2) is 9.78 Å². The van der Waals surface area contributed by atoms with Gasteiger partial charge in [-0.15, -0.1) is 0 Å². The summed E-state index contributed by atoms with van der Waals surface area (Å²) in [4.78, 5) is 61.4. The monoisotopic (exact) mass is 559 g/mol. The standard InChI is InChI=1S/C25H37N9O6/c1-14(35)20(24(39)40)34-22(37)18(8-5-9-30-25(27)28)32-23(38)19(10-15-6-3-2-4-7-15)33-21(36)17(26)11-16-12-29-13-31-16/h2-4,6-7,12-14,17-20,35H,5,8-11,26H2,1H3,(H,29,31)(H,32,38)(H,33,36)(H,34,37)(H,39,40)(H4,27,28,30). The maximum atomic E-state index is 13.4. The average molecular weight is 560 g/mol. The number of hydrogen-bond donors (Lipinski definition) is 9. The number of aromatic amines is 1. The molecule has 0 aliphatic rings. The van der Waals surface area contributed by atoms with Crippen molar-refractivity contribution in [2.24, 2.45) is 22.2 Å². The number of nitrogens with zero attached hydrogens (tertiary/aromatic N) is 2. The van der Waals surface area contributed by atoms with Gasteiger partial charge in [-0.05, 0) is 25.3 Å². The Morgan fingerprint density at radius 3 is 2.23 bits per heavy atom. The molecule has 5 atom stereocenters. The van der Waals surface area contributed by atoms with Crippen LogP contribution in [-0.2, 0) is 32.0 Å². The van der Waals surface area contributed by atoms with Gasteiger partial charge in [0, 0.05) is 31.3 Å². The third kappa shape index (κ3) is 10.7. The number of nitrogens with two attached hydrogens (primary N) is 3. The molecule has 0 aliphatic carbocycles. The second kappa shape index (κ2) is 15.8. The number of guanidine groups is 1. The number of H-pyrrole nitrogens is 1. The Labute approximate surface area is 231 Å². The number of aliphatic imine (C=N–C) groups is 1. The summed E-state index contributed by atoms with van der Waals surface area (Å²) in [5.41, 5.74) is 18.1. The lowest BCUT2D eigenvalue weighted by Gasteiger charge is -2.26. The molecule has 2 aromatic rings. The van der Waals surface area contributed by atoms with Crippen molar-refractivity contribution < 1.29 is 29.4 Å². The van der Waals surface area contributed by atoms with E-state index >= 15 is 0 Å². The molecule has 12 N–H and O–H groups in total. The van der Waals surface area contributed by atoms with Crippen LogP contribution in [0.4, 0.5) is 0 Å². The van der Waals surface area contributed by atoms with E-state index in [9.17, 15) is 29.4 Å². The molecule has 2 rings (SSSR count). The van der Waals surface area contributed by atoms with E-state index in [4.69, 9.17) is 17.2 Å². The van der Waals surface area contributed by atoms with E-state index < -0.39 is 54.0 Å². The van der Waals surface area contributed by atoms with E-state index in [0.717, 1.165) is 5.56 Å². The Hall–Kier alpha value is -4.50. The number of amides is 3. The van der Waals surface area contributed by atoms with Crippen molar-refractivity contribution in [3.05, 3.63) is 54.1 Å². The molecule has 15 nitrogen and oxygen atoms in total. The van der Waals surface area contributed by atoms with E-state index in [1.54, 1.807) is 30.3 Å². The molecule has 15 heteroatoms. The smallest absolute Gasteiger partial charge is 0.328 e. The van der Waals surface area contributed by atoms with E-state index in [2.05, 4.69) is 30.9 Å². The number of nitrogens with one attached hydrogen (secondary N) is 4. The van der Waals surface area contributed by atoms with Crippen LogP contribution in [0.5, 0.6) is 0 Å². The van der Waals surface area contributed by atoms with Crippen molar-refractivity contribution in [2.45, 2.75) is 62.9 Å². The van der Waals surface area contributed by atoms with Crippen molar-refractivity contribution in [3.63, 3.8) is 0 Å². The van der Waals surface area contributed by atoms with Crippen LogP contribution >= 0.6 is 0 Å². The Bertz CT molecular complexity index is 1140. The van der Waals surface area contributed by atoms with Crippen LogP contribution in [0.15, 0.2) is 47.8 Å². The van der Waals surface area contributed by atoms with Gasteiger partial charge < -0.3 is 48.3 Å². The number of carbonyl (C=O) groups excluding carboxylic acids is 3. The number of aliphatic hydroxyl groups excluding tert-OH is 1. The second-order valence-electron chi connectivity index (χ2n) is 9.21. The summed E-state index contributed by atoms with van der Waals surface area (Å²) in [6.07, 6.45) is 2.11. The first-order valence-electron chi connectivity index (χ1n) is 12.6. The summed E-state index contributed by atoms with van der Waals surface area (Å²) in [5.74, 6) is -3.74.